The fraction of sp³-hybridized carbons (Fsp3) is 0. The molecule has 3 rings (SSSR count). The van der Waals surface area contributed by atoms with Crippen molar-refractivity contribution in [2.24, 2.45) is 0 Å². The Bertz CT molecular complexity index is 999. The van der Waals surface area contributed by atoms with Crippen LogP contribution in [0.1, 0.15) is 16.1 Å². The Morgan fingerprint density at radius 1 is 1.00 bits per heavy atom. The van der Waals surface area contributed by atoms with E-state index in [-0.39, 0.29) is 11.6 Å². The van der Waals surface area contributed by atoms with Gasteiger partial charge in [-0.3, -0.25) is 4.79 Å². The van der Waals surface area contributed by atoms with Gasteiger partial charge in [-0.1, -0.05) is 23.2 Å². The summed E-state index contributed by atoms with van der Waals surface area (Å²) < 4.78 is 0. The molecule has 3 aromatic rings. The van der Waals surface area contributed by atoms with Gasteiger partial charge in [0.05, 0.1) is 21.7 Å². The Morgan fingerprint density at radius 2 is 1.73 bits per heavy atom. The van der Waals surface area contributed by atoms with E-state index >= 15 is 0 Å². The predicted molar refractivity (Wildman–Crippen MR) is 101 cm³/mol. The van der Waals surface area contributed by atoms with Gasteiger partial charge in [-0.15, -0.1) is 0 Å². The number of nitrogens with zero attached hydrogens (tertiary/aromatic N) is 3. The minimum atomic E-state index is -0.409. The second kappa shape index (κ2) is 7.83. The molecule has 1 amide bonds. The van der Waals surface area contributed by atoms with E-state index in [0.29, 0.717) is 27.0 Å². The molecule has 0 aliphatic rings. The topological polar surface area (TPSA) is 90.7 Å². The standard InChI is InChI=1S/C18H11Cl2N5O/c19-14-6-5-13(9-15(14)20)23-17(26)16-7-8-22-18(25-16)24-12-3-1-11(10-21)2-4-12/h1-9H,(H,23,26)(H,22,24,25). The molecule has 128 valence electrons. The fourth-order valence-electron chi connectivity index (χ4n) is 2.07. The monoisotopic (exact) mass is 383 g/mol. The normalized spacial score (nSPS) is 10.0. The Labute approximate surface area is 159 Å². The van der Waals surface area contributed by atoms with E-state index in [1.165, 1.54) is 12.3 Å². The van der Waals surface area contributed by atoms with Gasteiger partial charge >= 0.3 is 0 Å². The van der Waals surface area contributed by atoms with Crippen LogP contribution in [-0.4, -0.2) is 15.9 Å². The molecule has 0 fully saturated rings. The quantitative estimate of drug-likeness (QED) is 0.683. The smallest absolute Gasteiger partial charge is 0.274 e. The highest BCUT2D eigenvalue weighted by atomic mass is 35.5. The number of carbonyl (C=O) groups is 1. The van der Waals surface area contributed by atoms with Crippen molar-refractivity contribution in [3.8, 4) is 6.07 Å². The van der Waals surface area contributed by atoms with Crippen LogP contribution in [0.4, 0.5) is 17.3 Å². The molecule has 0 aliphatic heterocycles. The highest BCUT2D eigenvalue weighted by Crippen LogP contribution is 2.25. The molecule has 26 heavy (non-hydrogen) atoms. The lowest BCUT2D eigenvalue weighted by Crippen LogP contribution is -2.14. The van der Waals surface area contributed by atoms with Crippen LogP contribution in [0.25, 0.3) is 0 Å². The molecule has 0 saturated heterocycles. The first-order valence-electron chi connectivity index (χ1n) is 7.42. The number of hydrogen-bond acceptors (Lipinski definition) is 5. The Hall–Kier alpha value is -3.14. The van der Waals surface area contributed by atoms with Gasteiger partial charge in [-0.2, -0.15) is 5.26 Å². The summed E-state index contributed by atoms with van der Waals surface area (Å²) in [4.78, 5) is 20.6. The second-order valence-electron chi connectivity index (χ2n) is 5.16. The molecular formula is C18H11Cl2N5O. The van der Waals surface area contributed by atoms with Gasteiger partial charge in [-0.25, -0.2) is 9.97 Å². The molecule has 0 aliphatic carbocycles. The molecule has 0 spiro atoms. The number of halogens is 2. The lowest BCUT2D eigenvalue weighted by Gasteiger charge is -2.08. The number of carbonyl (C=O) groups excluding carboxylic acids is 1. The molecule has 8 heteroatoms. The SMILES string of the molecule is N#Cc1ccc(Nc2nccc(C(=O)Nc3ccc(Cl)c(Cl)c3)n2)cc1. The summed E-state index contributed by atoms with van der Waals surface area (Å²) in [6.07, 6.45) is 1.47. The van der Waals surface area contributed by atoms with Crippen molar-refractivity contribution < 1.29 is 4.79 Å². The highest BCUT2D eigenvalue weighted by Gasteiger charge is 2.10. The number of hydrogen-bond donors (Lipinski definition) is 2. The van der Waals surface area contributed by atoms with Crippen molar-refractivity contribution in [3.63, 3.8) is 0 Å². The zero-order valence-corrected chi connectivity index (χ0v) is 14.7. The van der Waals surface area contributed by atoms with Gasteiger partial charge in [-0.05, 0) is 48.5 Å². The van der Waals surface area contributed by atoms with Crippen LogP contribution < -0.4 is 10.6 Å². The Morgan fingerprint density at radius 3 is 2.42 bits per heavy atom. The van der Waals surface area contributed by atoms with Crippen LogP contribution >= 0.6 is 23.2 Å². The van der Waals surface area contributed by atoms with E-state index in [0.717, 1.165) is 0 Å². The number of amides is 1. The van der Waals surface area contributed by atoms with Gasteiger partial charge in [0.2, 0.25) is 5.95 Å². The molecule has 0 radical (unpaired) electrons. The summed E-state index contributed by atoms with van der Waals surface area (Å²) in [6.45, 7) is 0. The first kappa shape index (κ1) is 17.7. The van der Waals surface area contributed by atoms with Crippen molar-refractivity contribution in [1.82, 2.24) is 9.97 Å². The molecule has 0 saturated carbocycles. The van der Waals surface area contributed by atoms with Crippen LogP contribution in [0.5, 0.6) is 0 Å². The fourth-order valence-corrected chi connectivity index (χ4v) is 2.37. The molecule has 6 nitrogen and oxygen atoms in total. The van der Waals surface area contributed by atoms with Gasteiger partial charge in [0.25, 0.3) is 5.91 Å². The van der Waals surface area contributed by atoms with E-state index in [1.807, 2.05) is 6.07 Å². The Kier molecular flexibility index (Phi) is 5.32. The van der Waals surface area contributed by atoms with Gasteiger partial charge in [0.15, 0.2) is 0 Å². The molecule has 0 unspecified atom stereocenters. The minimum Gasteiger partial charge on any atom is -0.324 e. The third-order valence-electron chi connectivity index (χ3n) is 3.34. The van der Waals surface area contributed by atoms with Gasteiger partial charge < -0.3 is 10.6 Å². The molecule has 1 heterocycles. The summed E-state index contributed by atoms with van der Waals surface area (Å²) in [6, 6.07) is 15.1. The lowest BCUT2D eigenvalue weighted by molar-refractivity contribution is 0.102. The number of rotatable bonds is 4. The maximum atomic E-state index is 12.4. The number of anilines is 3. The molecule has 0 atom stereocenters. The van der Waals surface area contributed by atoms with Crippen LogP contribution in [0.2, 0.25) is 10.0 Å². The van der Waals surface area contributed by atoms with Crippen molar-refractivity contribution in [2.45, 2.75) is 0 Å². The second-order valence-corrected chi connectivity index (χ2v) is 5.98. The van der Waals surface area contributed by atoms with E-state index in [4.69, 9.17) is 28.5 Å². The van der Waals surface area contributed by atoms with E-state index in [1.54, 1.807) is 42.5 Å². The average molecular weight is 384 g/mol. The zero-order valence-electron chi connectivity index (χ0n) is 13.2. The minimum absolute atomic E-state index is 0.183. The van der Waals surface area contributed by atoms with Crippen molar-refractivity contribution in [1.29, 1.82) is 5.26 Å². The number of nitrogens with one attached hydrogen (secondary N) is 2. The van der Waals surface area contributed by atoms with Crippen LogP contribution in [0, 0.1) is 11.3 Å². The van der Waals surface area contributed by atoms with Gasteiger partial charge in [0, 0.05) is 17.6 Å². The summed E-state index contributed by atoms with van der Waals surface area (Å²) in [5.41, 5.74) is 1.93. The first-order chi connectivity index (χ1) is 12.5. The van der Waals surface area contributed by atoms with Crippen LogP contribution in [-0.2, 0) is 0 Å². The lowest BCUT2D eigenvalue weighted by atomic mass is 10.2. The highest BCUT2D eigenvalue weighted by molar-refractivity contribution is 6.42. The van der Waals surface area contributed by atoms with Crippen LogP contribution in [0.3, 0.4) is 0 Å². The number of aromatic nitrogens is 2. The third-order valence-corrected chi connectivity index (χ3v) is 4.07. The molecule has 2 aromatic carbocycles. The van der Waals surface area contributed by atoms with Crippen LogP contribution in [0.15, 0.2) is 54.7 Å². The molecular weight excluding hydrogens is 373 g/mol. The average Bonchev–Trinajstić information content (AvgIpc) is 2.65. The summed E-state index contributed by atoms with van der Waals surface area (Å²) in [7, 11) is 0. The predicted octanol–water partition coefficient (Wildman–Crippen LogP) is 4.65. The van der Waals surface area contributed by atoms with Gasteiger partial charge in [0.1, 0.15) is 5.69 Å². The summed E-state index contributed by atoms with van der Waals surface area (Å²) >= 11 is 11.8. The van der Waals surface area contributed by atoms with E-state index in [9.17, 15) is 4.79 Å². The first-order valence-corrected chi connectivity index (χ1v) is 8.17. The third kappa shape index (κ3) is 4.28. The zero-order chi connectivity index (χ0) is 18.5. The van der Waals surface area contributed by atoms with E-state index in [2.05, 4.69) is 20.6 Å². The van der Waals surface area contributed by atoms with E-state index < -0.39 is 5.91 Å². The molecule has 2 N–H and O–H groups in total. The Balaban J connectivity index is 1.74. The molecule has 1 aromatic heterocycles. The number of benzene rings is 2. The number of nitriles is 1. The summed E-state index contributed by atoms with van der Waals surface area (Å²) in [5, 5.41) is 15.2. The maximum absolute atomic E-state index is 12.4. The molecule has 0 bridgehead atoms. The van der Waals surface area contributed by atoms with Crippen molar-refractivity contribution >= 4 is 46.4 Å². The van der Waals surface area contributed by atoms with Crippen molar-refractivity contribution in [2.75, 3.05) is 10.6 Å². The van der Waals surface area contributed by atoms with Crippen molar-refractivity contribution in [3.05, 3.63) is 76.0 Å². The largest absolute Gasteiger partial charge is 0.324 e. The summed E-state index contributed by atoms with van der Waals surface area (Å²) in [5.74, 6) is -0.148. The maximum Gasteiger partial charge on any atom is 0.274 e.